The van der Waals surface area contributed by atoms with Gasteiger partial charge in [0.05, 0.1) is 11.3 Å². The fourth-order valence-electron chi connectivity index (χ4n) is 3.43. The van der Waals surface area contributed by atoms with Crippen molar-refractivity contribution in [2.75, 3.05) is 31.1 Å². The van der Waals surface area contributed by atoms with Crippen LogP contribution in [0.3, 0.4) is 0 Å². The molecule has 1 saturated heterocycles. The van der Waals surface area contributed by atoms with Crippen molar-refractivity contribution < 1.29 is 4.79 Å². The van der Waals surface area contributed by atoms with E-state index in [1.54, 1.807) is 23.0 Å². The van der Waals surface area contributed by atoms with Crippen LogP contribution in [0.2, 0.25) is 0 Å². The molecule has 140 valence electrons. The molecular weight excluding hydrogens is 352 g/mol. The van der Waals surface area contributed by atoms with Gasteiger partial charge in [0, 0.05) is 38.1 Å². The lowest BCUT2D eigenvalue weighted by Gasteiger charge is -2.35. The van der Waals surface area contributed by atoms with E-state index in [2.05, 4.69) is 21.1 Å². The maximum atomic E-state index is 12.9. The second kappa shape index (κ2) is 7.53. The lowest BCUT2D eigenvalue weighted by atomic mass is 10.2. The summed E-state index contributed by atoms with van der Waals surface area (Å²) < 4.78 is 1.79. The summed E-state index contributed by atoms with van der Waals surface area (Å²) in [6, 6.07) is 17.3. The molecule has 0 radical (unpaired) electrons. The highest BCUT2D eigenvalue weighted by atomic mass is 16.2. The number of hydrogen-bond donors (Lipinski definition) is 0. The molecule has 3 aromatic rings. The predicted molar refractivity (Wildman–Crippen MR) is 105 cm³/mol. The first kappa shape index (κ1) is 17.7. The average Bonchev–Trinajstić information content (AvgIpc) is 3.15. The van der Waals surface area contributed by atoms with E-state index in [4.69, 9.17) is 0 Å². The van der Waals surface area contributed by atoms with Gasteiger partial charge in [-0.3, -0.25) is 4.79 Å². The third-order valence-corrected chi connectivity index (χ3v) is 4.88. The number of pyridine rings is 1. The summed E-state index contributed by atoms with van der Waals surface area (Å²) in [6.45, 7) is 4.35. The Morgan fingerprint density at radius 1 is 1.07 bits per heavy atom. The second-order valence-electron chi connectivity index (χ2n) is 6.68. The molecule has 3 heterocycles. The van der Waals surface area contributed by atoms with E-state index in [0.29, 0.717) is 43.3 Å². The van der Waals surface area contributed by atoms with Crippen molar-refractivity contribution in [3.05, 3.63) is 71.7 Å². The van der Waals surface area contributed by atoms with Crippen molar-refractivity contribution >= 4 is 11.7 Å². The Morgan fingerprint density at radius 3 is 2.54 bits per heavy atom. The quantitative estimate of drug-likeness (QED) is 0.705. The Bertz CT molecular complexity index is 1030. The molecule has 7 nitrogen and oxygen atoms in total. The van der Waals surface area contributed by atoms with Gasteiger partial charge in [-0.05, 0) is 37.3 Å². The molecule has 7 heteroatoms. The number of piperazine rings is 1. The summed E-state index contributed by atoms with van der Waals surface area (Å²) in [4.78, 5) is 21.1. The maximum absolute atomic E-state index is 12.9. The fraction of sp³-hybridized carbons (Fsp3) is 0.238. The van der Waals surface area contributed by atoms with E-state index in [9.17, 15) is 10.1 Å². The monoisotopic (exact) mass is 372 g/mol. The van der Waals surface area contributed by atoms with Gasteiger partial charge in [0.2, 0.25) is 0 Å². The first-order valence-electron chi connectivity index (χ1n) is 9.19. The molecule has 1 fully saturated rings. The van der Waals surface area contributed by atoms with Crippen molar-refractivity contribution in [2.45, 2.75) is 6.92 Å². The zero-order chi connectivity index (χ0) is 19.5. The van der Waals surface area contributed by atoms with Gasteiger partial charge in [-0.1, -0.05) is 18.2 Å². The number of nitrogens with zero attached hydrogens (tertiary/aromatic N) is 6. The number of benzene rings is 1. The Morgan fingerprint density at radius 2 is 1.82 bits per heavy atom. The largest absolute Gasteiger partial charge is 0.352 e. The lowest BCUT2D eigenvalue weighted by Crippen LogP contribution is -2.49. The van der Waals surface area contributed by atoms with E-state index in [-0.39, 0.29) is 5.91 Å². The maximum Gasteiger partial charge on any atom is 0.274 e. The highest BCUT2D eigenvalue weighted by Gasteiger charge is 2.26. The molecule has 28 heavy (non-hydrogen) atoms. The third kappa shape index (κ3) is 3.32. The number of rotatable bonds is 3. The van der Waals surface area contributed by atoms with Crippen LogP contribution in [-0.4, -0.2) is 51.8 Å². The molecule has 4 rings (SSSR count). The van der Waals surface area contributed by atoms with Gasteiger partial charge in [0.15, 0.2) is 5.69 Å². The highest BCUT2D eigenvalue weighted by molar-refractivity contribution is 5.92. The zero-order valence-corrected chi connectivity index (χ0v) is 15.6. The minimum absolute atomic E-state index is 0.0704. The molecule has 0 unspecified atom stereocenters. The van der Waals surface area contributed by atoms with Crippen molar-refractivity contribution in [2.24, 2.45) is 0 Å². The van der Waals surface area contributed by atoms with Crippen LogP contribution in [0.25, 0.3) is 5.69 Å². The molecule has 0 bridgehead atoms. The summed E-state index contributed by atoms with van der Waals surface area (Å²) in [5.41, 5.74) is 2.85. The van der Waals surface area contributed by atoms with Crippen molar-refractivity contribution in [1.82, 2.24) is 19.7 Å². The van der Waals surface area contributed by atoms with Crippen LogP contribution >= 0.6 is 0 Å². The second-order valence-corrected chi connectivity index (χ2v) is 6.68. The smallest absolute Gasteiger partial charge is 0.274 e. The molecular formula is C21H20N6O. The summed E-state index contributed by atoms with van der Waals surface area (Å²) in [6.07, 6.45) is 1.69. The minimum Gasteiger partial charge on any atom is -0.352 e. The van der Waals surface area contributed by atoms with Crippen LogP contribution in [0.1, 0.15) is 21.7 Å². The molecule has 1 amide bonds. The van der Waals surface area contributed by atoms with E-state index in [1.165, 1.54) is 0 Å². The number of aryl methyl sites for hydroxylation is 1. The Balaban J connectivity index is 1.47. The number of para-hydroxylation sites is 1. The summed E-state index contributed by atoms with van der Waals surface area (Å²) >= 11 is 0. The van der Waals surface area contributed by atoms with Crippen LogP contribution < -0.4 is 4.90 Å². The molecule has 0 aliphatic carbocycles. The average molecular weight is 372 g/mol. The van der Waals surface area contributed by atoms with Crippen molar-refractivity contribution in [3.63, 3.8) is 0 Å². The number of nitriles is 1. The number of aromatic nitrogens is 3. The van der Waals surface area contributed by atoms with Crippen molar-refractivity contribution in [3.8, 4) is 11.8 Å². The van der Waals surface area contributed by atoms with Gasteiger partial charge >= 0.3 is 0 Å². The van der Waals surface area contributed by atoms with Gasteiger partial charge < -0.3 is 9.80 Å². The van der Waals surface area contributed by atoms with E-state index >= 15 is 0 Å². The van der Waals surface area contributed by atoms with Gasteiger partial charge in [0.25, 0.3) is 5.91 Å². The van der Waals surface area contributed by atoms with Crippen LogP contribution in [0.4, 0.5) is 5.82 Å². The summed E-state index contributed by atoms with van der Waals surface area (Å²) in [7, 11) is 0. The summed E-state index contributed by atoms with van der Waals surface area (Å²) in [5.74, 6) is 0.611. The van der Waals surface area contributed by atoms with Gasteiger partial charge in [0.1, 0.15) is 11.9 Å². The molecule has 1 aliphatic rings. The molecule has 0 saturated carbocycles. The normalized spacial score (nSPS) is 14.0. The van der Waals surface area contributed by atoms with Crippen molar-refractivity contribution in [1.29, 1.82) is 5.26 Å². The first-order valence-corrected chi connectivity index (χ1v) is 9.19. The Kier molecular flexibility index (Phi) is 4.77. The lowest BCUT2D eigenvalue weighted by molar-refractivity contribution is 0.0740. The number of carbonyl (C=O) groups excluding carboxylic acids is 1. The van der Waals surface area contributed by atoms with Gasteiger partial charge in [-0.25, -0.2) is 9.67 Å². The first-order chi connectivity index (χ1) is 13.7. The van der Waals surface area contributed by atoms with E-state index < -0.39 is 0 Å². The number of amides is 1. The molecule has 0 spiro atoms. The zero-order valence-electron chi connectivity index (χ0n) is 15.6. The number of hydrogen-bond acceptors (Lipinski definition) is 5. The number of carbonyl (C=O) groups is 1. The van der Waals surface area contributed by atoms with Gasteiger partial charge in [-0.15, -0.1) is 0 Å². The van der Waals surface area contributed by atoms with Crippen LogP contribution in [0, 0.1) is 18.3 Å². The van der Waals surface area contributed by atoms with Crippen LogP contribution in [0.5, 0.6) is 0 Å². The molecule has 2 aromatic heterocycles. The fourth-order valence-corrected chi connectivity index (χ4v) is 3.43. The molecule has 0 atom stereocenters. The van der Waals surface area contributed by atoms with E-state index in [0.717, 1.165) is 11.4 Å². The topological polar surface area (TPSA) is 78.1 Å². The third-order valence-electron chi connectivity index (χ3n) is 4.88. The van der Waals surface area contributed by atoms with E-state index in [1.807, 2.05) is 48.2 Å². The molecule has 1 aromatic carbocycles. The van der Waals surface area contributed by atoms with Gasteiger partial charge in [-0.2, -0.15) is 10.4 Å². The minimum atomic E-state index is -0.0704. The Hall–Kier alpha value is -3.66. The Labute approximate surface area is 163 Å². The summed E-state index contributed by atoms with van der Waals surface area (Å²) in [5, 5.41) is 13.8. The molecule has 0 N–H and O–H groups in total. The van der Waals surface area contributed by atoms with Crippen LogP contribution in [0.15, 0.2) is 54.7 Å². The highest BCUT2D eigenvalue weighted by Crippen LogP contribution is 2.19. The van der Waals surface area contributed by atoms with Crippen LogP contribution in [-0.2, 0) is 0 Å². The number of anilines is 1. The predicted octanol–water partition coefficient (Wildman–Crippen LogP) is 2.41. The standard InChI is InChI=1S/C21H20N6O/c1-16-14-19(24-27(16)18-7-3-2-4-8-18)21(28)26-12-10-25(11-13-26)20-17(15-22)6-5-9-23-20/h2-9,14H,10-13H2,1H3. The SMILES string of the molecule is Cc1cc(C(=O)N2CCN(c3ncccc3C#N)CC2)nn1-c1ccccc1. The molecule has 1 aliphatic heterocycles.